The van der Waals surface area contributed by atoms with Crippen LogP contribution < -0.4 is 4.90 Å². The minimum Gasteiger partial charge on any atom is -0.411 e. The van der Waals surface area contributed by atoms with E-state index >= 15 is 0 Å². The Bertz CT molecular complexity index is 809. The number of nitrogens with zero attached hydrogens (tertiary/aromatic N) is 3. The van der Waals surface area contributed by atoms with Crippen LogP contribution >= 0.6 is 0 Å². The molecular formula is C20H21F2N3O. The summed E-state index contributed by atoms with van der Waals surface area (Å²) in [6, 6.07) is 11.7. The lowest BCUT2D eigenvalue weighted by Gasteiger charge is -2.39. The average Bonchev–Trinajstić information content (AvgIpc) is 2.96. The minimum atomic E-state index is -0.260. The van der Waals surface area contributed by atoms with E-state index in [0.29, 0.717) is 6.42 Å². The summed E-state index contributed by atoms with van der Waals surface area (Å²) in [7, 11) is 0. The molecule has 2 unspecified atom stereocenters. The van der Waals surface area contributed by atoms with Crippen molar-refractivity contribution in [3.05, 3.63) is 59.7 Å². The maximum atomic E-state index is 13.9. The number of benzene rings is 2. The first kappa shape index (κ1) is 17.0. The molecule has 0 aromatic heterocycles. The molecule has 4 rings (SSSR count). The zero-order valence-corrected chi connectivity index (χ0v) is 14.4. The molecule has 0 amide bonds. The van der Waals surface area contributed by atoms with Crippen LogP contribution in [0.25, 0.3) is 0 Å². The predicted octanol–water partition coefficient (Wildman–Crippen LogP) is 4.12. The van der Waals surface area contributed by atoms with Crippen molar-refractivity contribution in [2.45, 2.75) is 24.8 Å². The Morgan fingerprint density at radius 2 is 1.88 bits per heavy atom. The molecular weight excluding hydrogens is 336 g/mol. The molecule has 2 aromatic carbocycles. The molecule has 0 radical (unpaired) electrons. The lowest BCUT2D eigenvalue weighted by atomic mass is 9.89. The molecule has 0 aliphatic carbocycles. The largest absolute Gasteiger partial charge is 0.411 e. The van der Waals surface area contributed by atoms with Gasteiger partial charge in [-0.25, -0.2) is 8.78 Å². The molecule has 0 saturated carbocycles. The number of likely N-dealkylation sites (tertiary alicyclic amines) is 1. The number of hydrogen-bond acceptors (Lipinski definition) is 4. The van der Waals surface area contributed by atoms with Crippen LogP contribution in [0.5, 0.6) is 0 Å². The van der Waals surface area contributed by atoms with Crippen LogP contribution in [0.15, 0.2) is 47.6 Å². The van der Waals surface area contributed by atoms with Crippen molar-refractivity contribution in [1.82, 2.24) is 4.90 Å². The number of hydrogen-bond donors (Lipinski definition) is 1. The second kappa shape index (κ2) is 7.03. The Morgan fingerprint density at radius 3 is 2.65 bits per heavy atom. The third-order valence-corrected chi connectivity index (χ3v) is 5.40. The van der Waals surface area contributed by atoms with E-state index in [1.807, 2.05) is 6.07 Å². The van der Waals surface area contributed by atoms with Gasteiger partial charge in [0.05, 0.1) is 0 Å². The van der Waals surface area contributed by atoms with Crippen molar-refractivity contribution >= 4 is 17.6 Å². The Hall–Kier alpha value is -2.47. The van der Waals surface area contributed by atoms with Crippen LogP contribution in [0.4, 0.5) is 20.2 Å². The zero-order chi connectivity index (χ0) is 18.1. The molecule has 2 aromatic rings. The first-order valence-electron chi connectivity index (χ1n) is 8.90. The highest BCUT2D eigenvalue weighted by atomic mass is 19.1. The monoisotopic (exact) mass is 357 g/mol. The normalized spacial score (nSPS) is 22.6. The molecule has 2 atom stereocenters. The highest BCUT2D eigenvalue weighted by Crippen LogP contribution is 2.48. The highest BCUT2D eigenvalue weighted by molar-refractivity contribution is 5.73. The van der Waals surface area contributed by atoms with Crippen molar-refractivity contribution in [2.24, 2.45) is 5.16 Å². The smallest absolute Gasteiger partial charge is 0.123 e. The average molecular weight is 357 g/mol. The number of halogens is 2. The fourth-order valence-electron chi connectivity index (χ4n) is 4.28. The van der Waals surface area contributed by atoms with Crippen molar-refractivity contribution in [1.29, 1.82) is 0 Å². The highest BCUT2D eigenvalue weighted by Gasteiger charge is 2.42. The third kappa shape index (κ3) is 3.05. The van der Waals surface area contributed by atoms with Gasteiger partial charge in [-0.3, -0.25) is 0 Å². The number of oxime groups is 1. The summed E-state index contributed by atoms with van der Waals surface area (Å²) >= 11 is 0. The van der Waals surface area contributed by atoms with Crippen LogP contribution in [-0.4, -0.2) is 42.0 Å². The second-order valence-electron chi connectivity index (χ2n) is 6.90. The first-order chi connectivity index (χ1) is 12.7. The quantitative estimate of drug-likeness (QED) is 0.508. The third-order valence-electron chi connectivity index (χ3n) is 5.40. The van der Waals surface area contributed by atoms with Crippen molar-refractivity contribution in [3.63, 3.8) is 0 Å². The lowest BCUT2D eigenvalue weighted by Crippen LogP contribution is -2.45. The van der Waals surface area contributed by atoms with Gasteiger partial charge in [0.2, 0.25) is 0 Å². The van der Waals surface area contributed by atoms with Gasteiger partial charge in [0, 0.05) is 49.2 Å². The summed E-state index contributed by atoms with van der Waals surface area (Å²) < 4.78 is 27.3. The summed E-state index contributed by atoms with van der Waals surface area (Å²) in [6.07, 6.45) is 3.12. The van der Waals surface area contributed by atoms with E-state index in [1.165, 1.54) is 24.4 Å². The summed E-state index contributed by atoms with van der Waals surface area (Å²) in [6.45, 7) is 2.57. The van der Waals surface area contributed by atoms with Crippen LogP contribution in [0.1, 0.15) is 24.3 Å². The predicted molar refractivity (Wildman–Crippen MR) is 97.4 cm³/mol. The second-order valence-corrected chi connectivity index (χ2v) is 6.90. The first-order valence-corrected chi connectivity index (χ1v) is 8.90. The number of fused-ring (bicyclic) bond motifs is 3. The number of rotatable bonds is 4. The maximum Gasteiger partial charge on any atom is 0.123 e. The molecule has 1 saturated heterocycles. The van der Waals surface area contributed by atoms with Crippen LogP contribution in [0, 0.1) is 11.6 Å². The van der Waals surface area contributed by atoms with E-state index in [-0.39, 0.29) is 23.6 Å². The molecule has 6 heteroatoms. The van der Waals surface area contributed by atoms with Gasteiger partial charge in [-0.15, -0.1) is 5.16 Å². The summed E-state index contributed by atoms with van der Waals surface area (Å²) in [5.41, 5.74) is 2.96. The maximum absolute atomic E-state index is 13.9. The molecule has 4 nitrogen and oxygen atoms in total. The van der Waals surface area contributed by atoms with Gasteiger partial charge in [0.25, 0.3) is 0 Å². The minimum absolute atomic E-state index is 0.200. The molecule has 136 valence electrons. The van der Waals surface area contributed by atoms with E-state index < -0.39 is 0 Å². The Labute approximate surface area is 151 Å². The molecule has 0 bridgehead atoms. The molecule has 26 heavy (non-hydrogen) atoms. The van der Waals surface area contributed by atoms with Crippen molar-refractivity contribution in [3.8, 4) is 0 Å². The summed E-state index contributed by atoms with van der Waals surface area (Å²) in [5, 5.41) is 11.6. The van der Waals surface area contributed by atoms with Gasteiger partial charge < -0.3 is 15.0 Å². The lowest BCUT2D eigenvalue weighted by molar-refractivity contribution is 0.201. The van der Waals surface area contributed by atoms with E-state index in [2.05, 4.69) is 15.0 Å². The SMILES string of the molecule is ON=CCCN1CCC2C(C1)c1cc(F)ccc1N2c1ccc(F)cc1. The fourth-order valence-corrected chi connectivity index (χ4v) is 4.28. The van der Waals surface area contributed by atoms with E-state index in [9.17, 15) is 8.78 Å². The molecule has 2 aliphatic rings. The van der Waals surface area contributed by atoms with Crippen LogP contribution in [-0.2, 0) is 0 Å². The van der Waals surface area contributed by atoms with Gasteiger partial charge >= 0.3 is 0 Å². The van der Waals surface area contributed by atoms with Gasteiger partial charge in [-0.2, -0.15) is 0 Å². The topological polar surface area (TPSA) is 39.1 Å². The van der Waals surface area contributed by atoms with Gasteiger partial charge in [-0.1, -0.05) is 0 Å². The summed E-state index contributed by atoms with van der Waals surface area (Å²) in [4.78, 5) is 4.55. The Morgan fingerprint density at radius 1 is 1.12 bits per heavy atom. The van der Waals surface area contributed by atoms with Crippen LogP contribution in [0.3, 0.4) is 0 Å². The van der Waals surface area contributed by atoms with Gasteiger partial charge in [0.15, 0.2) is 0 Å². The standard InChI is InChI=1S/C20H21F2N3O/c21-14-2-5-16(6-3-14)25-19-7-4-15(22)12-17(19)18-13-24(10-1-9-23-26)11-8-20(18)25/h2-7,9,12,18,20,26H,1,8,10-11,13H2. The van der Waals surface area contributed by atoms with E-state index in [1.54, 1.807) is 18.2 Å². The Kier molecular flexibility index (Phi) is 4.59. The van der Waals surface area contributed by atoms with Crippen molar-refractivity contribution < 1.29 is 14.0 Å². The van der Waals surface area contributed by atoms with E-state index in [4.69, 9.17) is 5.21 Å². The molecule has 1 fully saturated rings. The van der Waals surface area contributed by atoms with Gasteiger partial charge in [-0.05, 0) is 60.9 Å². The number of piperidine rings is 1. The molecule has 1 N–H and O–H groups in total. The number of anilines is 2. The van der Waals surface area contributed by atoms with E-state index in [0.717, 1.165) is 43.0 Å². The van der Waals surface area contributed by atoms with Crippen molar-refractivity contribution in [2.75, 3.05) is 24.5 Å². The molecule has 2 heterocycles. The Balaban J connectivity index is 1.65. The fraction of sp³-hybridized carbons (Fsp3) is 0.350. The zero-order valence-electron chi connectivity index (χ0n) is 14.4. The summed E-state index contributed by atoms with van der Waals surface area (Å²) in [5.74, 6) is -0.289. The van der Waals surface area contributed by atoms with Crippen LogP contribution in [0.2, 0.25) is 0 Å². The molecule has 0 spiro atoms. The van der Waals surface area contributed by atoms with Gasteiger partial charge in [0.1, 0.15) is 11.6 Å². The molecule has 2 aliphatic heterocycles.